The van der Waals surface area contributed by atoms with Gasteiger partial charge < -0.3 is 14.2 Å². The number of carbonyl (C=O) groups excluding carboxylic acids is 1. The molecule has 1 saturated heterocycles. The summed E-state index contributed by atoms with van der Waals surface area (Å²) in [6.45, 7) is 3.02. The minimum atomic E-state index is -0.0745. The molecule has 0 N–H and O–H groups in total. The van der Waals surface area contributed by atoms with E-state index < -0.39 is 0 Å². The van der Waals surface area contributed by atoms with Gasteiger partial charge in [0.2, 0.25) is 0 Å². The first-order valence-electron chi connectivity index (χ1n) is 9.77. The minimum Gasteiger partial charge on any atom is -0.486 e. The second-order valence-electron chi connectivity index (χ2n) is 7.75. The van der Waals surface area contributed by atoms with Crippen LogP contribution in [0.2, 0.25) is 0 Å². The zero-order chi connectivity index (χ0) is 19.3. The van der Waals surface area contributed by atoms with Crippen LogP contribution in [-0.2, 0) is 0 Å². The van der Waals surface area contributed by atoms with Crippen LogP contribution in [0.15, 0.2) is 59.4 Å². The molecule has 5 rings (SSSR count). The molecule has 0 bridgehead atoms. The van der Waals surface area contributed by atoms with Crippen molar-refractivity contribution in [2.75, 3.05) is 13.1 Å². The van der Waals surface area contributed by atoms with Gasteiger partial charge in [0, 0.05) is 23.4 Å². The van der Waals surface area contributed by atoms with E-state index in [4.69, 9.17) is 4.74 Å². The lowest BCUT2D eigenvalue weighted by Crippen LogP contribution is -2.56. The lowest BCUT2D eigenvalue weighted by atomic mass is 10.0. The topological polar surface area (TPSA) is 51.5 Å². The Kier molecular flexibility index (Phi) is 3.97. The summed E-state index contributed by atoms with van der Waals surface area (Å²) < 4.78 is 7.81. The number of nitrogens with zero attached hydrogens (tertiary/aromatic N) is 2. The van der Waals surface area contributed by atoms with E-state index in [-0.39, 0.29) is 17.6 Å². The van der Waals surface area contributed by atoms with Crippen LogP contribution >= 0.6 is 0 Å². The maximum atomic E-state index is 12.9. The largest absolute Gasteiger partial charge is 0.486 e. The molecule has 2 fully saturated rings. The van der Waals surface area contributed by atoms with E-state index in [9.17, 15) is 9.59 Å². The fourth-order valence-corrected chi connectivity index (χ4v) is 4.00. The van der Waals surface area contributed by atoms with Gasteiger partial charge in [-0.1, -0.05) is 36.4 Å². The molecule has 2 aromatic carbocycles. The molecule has 5 heteroatoms. The SMILES string of the molecule is Cc1cc(OC2CN(C(=O)c3cccc4ccccc34)C2)cc(=O)n1C1CC1. The molecule has 2 aliphatic rings. The number of pyridine rings is 1. The van der Waals surface area contributed by atoms with Gasteiger partial charge in [-0.2, -0.15) is 0 Å². The molecule has 1 aromatic heterocycles. The van der Waals surface area contributed by atoms with Gasteiger partial charge in [0.25, 0.3) is 11.5 Å². The number of aromatic nitrogens is 1. The van der Waals surface area contributed by atoms with Crippen molar-refractivity contribution in [3.63, 3.8) is 0 Å². The highest BCUT2D eigenvalue weighted by molar-refractivity contribution is 6.07. The third-order valence-corrected chi connectivity index (χ3v) is 5.60. The van der Waals surface area contributed by atoms with Crippen molar-refractivity contribution in [3.8, 4) is 5.75 Å². The third kappa shape index (κ3) is 2.97. The van der Waals surface area contributed by atoms with Gasteiger partial charge in [-0.05, 0) is 42.7 Å². The molecule has 28 heavy (non-hydrogen) atoms. The second kappa shape index (κ2) is 6.51. The van der Waals surface area contributed by atoms with Crippen LogP contribution < -0.4 is 10.3 Å². The number of likely N-dealkylation sites (tertiary alicyclic amines) is 1. The number of aryl methyl sites for hydroxylation is 1. The second-order valence-corrected chi connectivity index (χ2v) is 7.75. The molecule has 0 unspecified atom stereocenters. The van der Waals surface area contributed by atoms with Crippen molar-refractivity contribution in [1.82, 2.24) is 9.47 Å². The number of rotatable bonds is 4. The maximum absolute atomic E-state index is 12.9. The Morgan fingerprint density at radius 2 is 1.79 bits per heavy atom. The van der Waals surface area contributed by atoms with Crippen LogP contribution in [0.4, 0.5) is 0 Å². The highest BCUT2D eigenvalue weighted by Crippen LogP contribution is 2.35. The van der Waals surface area contributed by atoms with Crippen molar-refractivity contribution in [1.29, 1.82) is 0 Å². The zero-order valence-corrected chi connectivity index (χ0v) is 15.8. The van der Waals surface area contributed by atoms with Crippen LogP contribution in [0.5, 0.6) is 5.75 Å². The van der Waals surface area contributed by atoms with Crippen molar-refractivity contribution in [3.05, 3.63) is 76.2 Å². The smallest absolute Gasteiger partial charge is 0.254 e. The first-order valence-corrected chi connectivity index (χ1v) is 9.77. The quantitative estimate of drug-likeness (QED) is 0.702. The van der Waals surface area contributed by atoms with Crippen LogP contribution in [0.1, 0.15) is 34.9 Å². The van der Waals surface area contributed by atoms with Crippen molar-refractivity contribution in [2.24, 2.45) is 0 Å². The minimum absolute atomic E-state index is 0.000473. The number of hydrogen-bond donors (Lipinski definition) is 0. The summed E-state index contributed by atoms with van der Waals surface area (Å²) in [5.41, 5.74) is 1.66. The normalized spacial score (nSPS) is 16.8. The van der Waals surface area contributed by atoms with Gasteiger partial charge in [-0.25, -0.2) is 0 Å². The van der Waals surface area contributed by atoms with Gasteiger partial charge in [0.15, 0.2) is 0 Å². The average molecular weight is 374 g/mol. The standard InChI is InChI=1S/C23H22N2O3/c1-15-11-18(12-22(26)25(15)17-9-10-17)28-19-13-24(14-19)23(27)21-8-4-6-16-5-2-3-7-20(16)21/h2-8,11-12,17,19H,9-10,13-14H2,1H3. The molecule has 1 saturated carbocycles. The highest BCUT2D eigenvalue weighted by Gasteiger charge is 2.34. The molecule has 1 amide bonds. The first-order chi connectivity index (χ1) is 13.6. The number of carbonyl (C=O) groups is 1. The highest BCUT2D eigenvalue weighted by atomic mass is 16.5. The Labute approximate surface area is 163 Å². The van der Waals surface area contributed by atoms with Gasteiger partial charge >= 0.3 is 0 Å². The third-order valence-electron chi connectivity index (χ3n) is 5.60. The number of amides is 1. The van der Waals surface area contributed by atoms with E-state index in [1.165, 1.54) is 0 Å². The zero-order valence-electron chi connectivity index (χ0n) is 15.8. The summed E-state index contributed by atoms with van der Waals surface area (Å²) >= 11 is 0. The van der Waals surface area contributed by atoms with Gasteiger partial charge in [-0.3, -0.25) is 9.59 Å². The van der Waals surface area contributed by atoms with E-state index in [0.717, 1.165) is 34.9 Å². The maximum Gasteiger partial charge on any atom is 0.254 e. The Hall–Kier alpha value is -3.08. The van der Waals surface area contributed by atoms with E-state index in [2.05, 4.69) is 0 Å². The van der Waals surface area contributed by atoms with Crippen LogP contribution in [-0.4, -0.2) is 34.6 Å². The van der Waals surface area contributed by atoms with Crippen LogP contribution in [0, 0.1) is 6.92 Å². The molecule has 5 nitrogen and oxygen atoms in total. The number of benzene rings is 2. The summed E-state index contributed by atoms with van der Waals surface area (Å²) in [5.74, 6) is 0.624. The molecular weight excluding hydrogens is 352 g/mol. The predicted molar refractivity (Wildman–Crippen MR) is 108 cm³/mol. The van der Waals surface area contributed by atoms with Crippen molar-refractivity contribution in [2.45, 2.75) is 31.9 Å². The lowest BCUT2D eigenvalue weighted by Gasteiger charge is -2.39. The molecule has 0 radical (unpaired) electrons. The number of fused-ring (bicyclic) bond motifs is 1. The number of ether oxygens (including phenoxy) is 1. The van der Waals surface area contributed by atoms with Gasteiger partial charge in [0.1, 0.15) is 11.9 Å². The summed E-state index contributed by atoms with van der Waals surface area (Å²) in [6, 6.07) is 17.6. The summed E-state index contributed by atoms with van der Waals surface area (Å²) in [6.07, 6.45) is 2.08. The lowest BCUT2D eigenvalue weighted by molar-refractivity contribution is 0.0178. The molecule has 0 atom stereocenters. The van der Waals surface area contributed by atoms with E-state index >= 15 is 0 Å². The Bertz CT molecular complexity index is 1120. The Balaban J connectivity index is 1.27. The summed E-state index contributed by atoms with van der Waals surface area (Å²) in [7, 11) is 0. The van der Waals surface area contributed by atoms with Crippen LogP contribution in [0.3, 0.4) is 0 Å². The van der Waals surface area contributed by atoms with Crippen molar-refractivity contribution < 1.29 is 9.53 Å². The fraction of sp³-hybridized carbons (Fsp3) is 0.304. The van der Waals surface area contributed by atoms with E-state index in [1.54, 1.807) is 11.0 Å². The molecule has 1 aliphatic carbocycles. The van der Waals surface area contributed by atoms with Gasteiger partial charge in [-0.15, -0.1) is 0 Å². The van der Waals surface area contributed by atoms with Crippen molar-refractivity contribution >= 4 is 16.7 Å². The Morgan fingerprint density at radius 1 is 1.04 bits per heavy atom. The number of hydrogen-bond acceptors (Lipinski definition) is 3. The van der Waals surface area contributed by atoms with E-state index in [0.29, 0.717) is 24.9 Å². The molecule has 3 aromatic rings. The Morgan fingerprint density at radius 3 is 2.54 bits per heavy atom. The van der Waals surface area contributed by atoms with E-state index in [1.807, 2.05) is 60.0 Å². The van der Waals surface area contributed by atoms with Gasteiger partial charge in [0.05, 0.1) is 13.1 Å². The molecule has 142 valence electrons. The molecule has 0 spiro atoms. The summed E-state index contributed by atoms with van der Waals surface area (Å²) in [4.78, 5) is 27.0. The molecule has 1 aliphatic heterocycles. The first kappa shape index (κ1) is 17.0. The molecule has 2 heterocycles. The van der Waals surface area contributed by atoms with Crippen LogP contribution in [0.25, 0.3) is 10.8 Å². The monoisotopic (exact) mass is 374 g/mol. The fourth-order valence-electron chi connectivity index (χ4n) is 4.00. The predicted octanol–water partition coefficient (Wildman–Crippen LogP) is 3.55. The molecular formula is C23H22N2O3. The summed E-state index contributed by atoms with van der Waals surface area (Å²) in [5, 5.41) is 2.03. The average Bonchev–Trinajstić information content (AvgIpc) is 3.48.